The number of nitrogens with zero attached hydrogens (tertiary/aromatic N) is 1. The van der Waals surface area contributed by atoms with Crippen LogP contribution in [0.2, 0.25) is 0 Å². The molecule has 1 aliphatic rings. The number of benzene rings is 2. The van der Waals surface area contributed by atoms with Crippen molar-refractivity contribution in [3.8, 4) is 0 Å². The quantitative estimate of drug-likeness (QED) is 0.753. The fraction of sp³-hybridized carbons (Fsp3) is 0.238. The summed E-state index contributed by atoms with van der Waals surface area (Å²) in [5.74, 6) is -0.170. The number of hydrogen-bond donors (Lipinski definition) is 1. The van der Waals surface area contributed by atoms with E-state index in [2.05, 4.69) is 5.32 Å². The van der Waals surface area contributed by atoms with Crippen LogP contribution in [0, 0.1) is 13.8 Å². The van der Waals surface area contributed by atoms with Crippen molar-refractivity contribution in [2.45, 2.75) is 20.3 Å². The molecule has 0 spiro atoms. The standard InChI is InChI=1S/C21H20N2O4/c1-13-7-8-16-15(12-27-20(16)14(13)2)11-19(24)22-17-5-3-4-6-18(17)23-9-10-26-21(23)25/h3-8,12H,9-11H2,1-2H3,(H,22,24). The topological polar surface area (TPSA) is 71.8 Å². The van der Waals surface area contributed by atoms with Gasteiger partial charge in [-0.2, -0.15) is 0 Å². The molecule has 1 fully saturated rings. The summed E-state index contributed by atoms with van der Waals surface area (Å²) in [4.78, 5) is 26.0. The summed E-state index contributed by atoms with van der Waals surface area (Å²) in [5, 5.41) is 3.86. The molecule has 1 N–H and O–H groups in total. The lowest BCUT2D eigenvalue weighted by molar-refractivity contribution is -0.115. The molecule has 0 unspecified atom stereocenters. The number of para-hydroxylation sites is 2. The predicted octanol–water partition coefficient (Wildman–Crippen LogP) is 4.19. The van der Waals surface area contributed by atoms with Crippen LogP contribution in [0.1, 0.15) is 16.7 Å². The Labute approximate surface area is 156 Å². The van der Waals surface area contributed by atoms with Crippen LogP contribution in [0.5, 0.6) is 0 Å². The number of furan rings is 1. The highest BCUT2D eigenvalue weighted by molar-refractivity contribution is 6.01. The van der Waals surface area contributed by atoms with Crippen molar-refractivity contribution in [1.29, 1.82) is 0 Å². The highest BCUT2D eigenvalue weighted by Crippen LogP contribution is 2.29. The van der Waals surface area contributed by atoms with Crippen LogP contribution < -0.4 is 10.2 Å². The molecule has 0 bridgehead atoms. The molecule has 0 aliphatic carbocycles. The van der Waals surface area contributed by atoms with Gasteiger partial charge in [-0.1, -0.05) is 24.3 Å². The zero-order valence-corrected chi connectivity index (χ0v) is 15.2. The Bertz CT molecular complexity index is 1040. The summed E-state index contributed by atoms with van der Waals surface area (Å²) in [6.07, 6.45) is 1.43. The Hall–Kier alpha value is -3.28. The van der Waals surface area contributed by atoms with Gasteiger partial charge in [0.1, 0.15) is 12.2 Å². The molecule has 2 aromatic carbocycles. The summed E-state index contributed by atoms with van der Waals surface area (Å²) in [5.41, 5.74) is 5.11. The van der Waals surface area contributed by atoms with Crippen molar-refractivity contribution in [2.24, 2.45) is 0 Å². The van der Waals surface area contributed by atoms with E-state index < -0.39 is 6.09 Å². The van der Waals surface area contributed by atoms with Crippen molar-refractivity contribution >= 4 is 34.3 Å². The lowest BCUT2D eigenvalue weighted by atomic mass is 10.0. The number of carbonyl (C=O) groups excluding carboxylic acids is 2. The van der Waals surface area contributed by atoms with Gasteiger partial charge in [0.2, 0.25) is 5.91 Å². The normalized spacial score (nSPS) is 13.9. The van der Waals surface area contributed by atoms with Crippen molar-refractivity contribution < 1.29 is 18.7 Å². The second-order valence-corrected chi connectivity index (χ2v) is 6.65. The third-order valence-electron chi connectivity index (χ3n) is 4.92. The van der Waals surface area contributed by atoms with E-state index in [1.54, 1.807) is 18.4 Å². The number of ether oxygens (including phenoxy) is 1. The zero-order valence-electron chi connectivity index (χ0n) is 15.2. The van der Waals surface area contributed by atoms with E-state index in [0.29, 0.717) is 24.5 Å². The number of nitrogens with one attached hydrogen (secondary N) is 1. The number of carbonyl (C=O) groups is 2. The summed E-state index contributed by atoms with van der Waals surface area (Å²) in [6.45, 7) is 4.86. The highest BCUT2D eigenvalue weighted by Gasteiger charge is 2.26. The van der Waals surface area contributed by atoms with Crippen LogP contribution in [0.3, 0.4) is 0 Å². The molecule has 1 aromatic heterocycles. The fourth-order valence-electron chi connectivity index (χ4n) is 3.32. The molecular formula is C21H20N2O4. The molecule has 6 heteroatoms. The van der Waals surface area contributed by atoms with Crippen molar-refractivity contribution in [2.75, 3.05) is 23.4 Å². The number of hydrogen-bond acceptors (Lipinski definition) is 4. The van der Waals surface area contributed by atoms with Crippen LogP contribution in [0.15, 0.2) is 47.1 Å². The van der Waals surface area contributed by atoms with E-state index in [0.717, 1.165) is 27.7 Å². The maximum Gasteiger partial charge on any atom is 0.414 e. The first-order chi connectivity index (χ1) is 13.0. The summed E-state index contributed by atoms with van der Waals surface area (Å²) >= 11 is 0. The molecule has 4 rings (SSSR count). The number of aryl methyl sites for hydroxylation is 2. The van der Waals surface area contributed by atoms with Gasteiger partial charge < -0.3 is 14.5 Å². The number of amides is 2. The molecule has 1 aliphatic heterocycles. The fourth-order valence-corrected chi connectivity index (χ4v) is 3.32. The average Bonchev–Trinajstić information content (AvgIpc) is 3.25. The molecule has 2 heterocycles. The number of rotatable bonds is 4. The number of anilines is 2. The highest BCUT2D eigenvalue weighted by atomic mass is 16.6. The molecule has 138 valence electrons. The maximum absolute atomic E-state index is 12.6. The zero-order chi connectivity index (χ0) is 19.0. The average molecular weight is 364 g/mol. The summed E-state index contributed by atoms with van der Waals surface area (Å²) in [6, 6.07) is 11.2. The third-order valence-corrected chi connectivity index (χ3v) is 4.92. The SMILES string of the molecule is Cc1ccc2c(CC(=O)Nc3ccccc3N3CCOC3=O)coc2c1C. The summed E-state index contributed by atoms with van der Waals surface area (Å²) in [7, 11) is 0. The van der Waals surface area contributed by atoms with Crippen LogP contribution in [0.4, 0.5) is 16.2 Å². The Kier molecular flexibility index (Phi) is 4.32. The summed E-state index contributed by atoms with van der Waals surface area (Å²) < 4.78 is 10.7. The number of cyclic esters (lactones) is 1. The van der Waals surface area contributed by atoms with Crippen LogP contribution in [-0.4, -0.2) is 25.2 Å². The van der Waals surface area contributed by atoms with Crippen molar-refractivity contribution in [1.82, 2.24) is 0 Å². The first kappa shape index (κ1) is 17.1. The van der Waals surface area contributed by atoms with Gasteiger partial charge in [-0.15, -0.1) is 0 Å². The first-order valence-electron chi connectivity index (χ1n) is 8.84. The Morgan fingerprint density at radius 2 is 2.00 bits per heavy atom. The van der Waals surface area contributed by atoms with E-state index in [9.17, 15) is 9.59 Å². The van der Waals surface area contributed by atoms with Gasteiger partial charge in [-0.05, 0) is 37.1 Å². The molecule has 0 saturated carbocycles. The minimum atomic E-state index is -0.400. The van der Waals surface area contributed by atoms with Crippen LogP contribution >= 0.6 is 0 Å². The van der Waals surface area contributed by atoms with E-state index in [1.807, 2.05) is 38.1 Å². The van der Waals surface area contributed by atoms with Gasteiger partial charge in [-0.3, -0.25) is 9.69 Å². The lowest BCUT2D eigenvalue weighted by Gasteiger charge is -2.17. The van der Waals surface area contributed by atoms with E-state index in [1.165, 1.54) is 4.90 Å². The molecule has 27 heavy (non-hydrogen) atoms. The van der Waals surface area contributed by atoms with Gasteiger partial charge in [0.25, 0.3) is 0 Å². The van der Waals surface area contributed by atoms with E-state index in [4.69, 9.17) is 9.15 Å². The Balaban J connectivity index is 1.56. The van der Waals surface area contributed by atoms with Gasteiger partial charge >= 0.3 is 6.09 Å². The minimum Gasteiger partial charge on any atom is -0.464 e. The minimum absolute atomic E-state index is 0.170. The van der Waals surface area contributed by atoms with Gasteiger partial charge in [0, 0.05) is 10.9 Å². The lowest BCUT2D eigenvalue weighted by Crippen LogP contribution is -2.25. The monoisotopic (exact) mass is 364 g/mol. The maximum atomic E-state index is 12.6. The molecule has 1 saturated heterocycles. The second kappa shape index (κ2) is 6.79. The van der Waals surface area contributed by atoms with Crippen LogP contribution in [-0.2, 0) is 16.0 Å². The Morgan fingerprint density at radius 3 is 2.78 bits per heavy atom. The molecule has 6 nitrogen and oxygen atoms in total. The van der Waals surface area contributed by atoms with Gasteiger partial charge in [0.05, 0.1) is 30.6 Å². The first-order valence-corrected chi connectivity index (χ1v) is 8.84. The molecule has 0 atom stereocenters. The van der Waals surface area contributed by atoms with E-state index >= 15 is 0 Å². The predicted molar refractivity (Wildman–Crippen MR) is 103 cm³/mol. The third kappa shape index (κ3) is 3.14. The Morgan fingerprint density at radius 1 is 1.19 bits per heavy atom. The molecule has 2 amide bonds. The van der Waals surface area contributed by atoms with Crippen molar-refractivity contribution in [3.63, 3.8) is 0 Å². The second-order valence-electron chi connectivity index (χ2n) is 6.65. The molecule has 0 radical (unpaired) electrons. The van der Waals surface area contributed by atoms with Crippen LogP contribution in [0.25, 0.3) is 11.0 Å². The van der Waals surface area contributed by atoms with Gasteiger partial charge in [-0.25, -0.2) is 4.79 Å². The molecule has 3 aromatic rings. The van der Waals surface area contributed by atoms with Gasteiger partial charge in [0.15, 0.2) is 0 Å². The van der Waals surface area contributed by atoms with E-state index in [-0.39, 0.29) is 12.3 Å². The van der Waals surface area contributed by atoms with Crippen molar-refractivity contribution in [3.05, 3.63) is 59.4 Å². The number of fused-ring (bicyclic) bond motifs is 1. The smallest absolute Gasteiger partial charge is 0.414 e. The molecular weight excluding hydrogens is 344 g/mol. The largest absolute Gasteiger partial charge is 0.464 e.